The van der Waals surface area contributed by atoms with Crippen molar-refractivity contribution in [3.05, 3.63) is 119 Å². The van der Waals surface area contributed by atoms with E-state index in [1.165, 1.54) is 84.2 Å². The van der Waals surface area contributed by atoms with E-state index in [9.17, 15) is 0 Å². The van der Waals surface area contributed by atoms with Crippen LogP contribution in [-0.4, -0.2) is 0 Å². The highest BCUT2D eigenvalue weighted by Crippen LogP contribution is 2.51. The Labute approximate surface area is 318 Å². The van der Waals surface area contributed by atoms with Crippen LogP contribution in [0.25, 0.3) is 61.9 Å². The molecule has 0 bridgehead atoms. The molecular weight excluding hydrogens is 673 g/mol. The van der Waals surface area contributed by atoms with E-state index < -0.39 is 0 Å². The first-order valence-electron chi connectivity index (χ1n) is 18.2. The van der Waals surface area contributed by atoms with Crippen LogP contribution in [0.15, 0.2) is 97.1 Å². The highest BCUT2D eigenvalue weighted by atomic mass is 32.1. The Morgan fingerprint density at radius 3 is 0.941 bits per heavy atom. The van der Waals surface area contributed by atoms with Gasteiger partial charge in [-0.15, -0.1) is 34.0 Å². The van der Waals surface area contributed by atoms with Crippen molar-refractivity contribution >= 4 is 52.8 Å². The molecule has 7 aromatic rings. The lowest BCUT2D eigenvalue weighted by atomic mass is 9.83. The smallest absolute Gasteiger partial charge is 0.0636 e. The molecule has 0 spiro atoms. The third kappa shape index (κ3) is 7.02. The van der Waals surface area contributed by atoms with Crippen molar-refractivity contribution in [2.75, 3.05) is 0 Å². The molecule has 4 aromatic carbocycles. The maximum Gasteiger partial charge on any atom is 0.0636 e. The van der Waals surface area contributed by atoms with Crippen LogP contribution in [0.3, 0.4) is 0 Å². The lowest BCUT2D eigenvalue weighted by Gasteiger charge is -2.22. The van der Waals surface area contributed by atoms with Gasteiger partial charge < -0.3 is 0 Å². The molecule has 7 rings (SSSR count). The fourth-order valence-electron chi connectivity index (χ4n) is 6.83. The zero-order chi connectivity index (χ0) is 36.7. The molecule has 0 saturated heterocycles. The summed E-state index contributed by atoms with van der Waals surface area (Å²) < 4.78 is 5.61. The van der Waals surface area contributed by atoms with E-state index in [2.05, 4.69) is 180 Å². The average molecular weight is 725 g/mol. The Hall–Kier alpha value is -3.50. The zero-order valence-corrected chi connectivity index (χ0v) is 34.9. The quantitative estimate of drug-likeness (QED) is 0.170. The molecule has 0 fully saturated rings. The molecule has 0 nitrogen and oxygen atoms in total. The Kier molecular flexibility index (Phi) is 8.85. The van der Waals surface area contributed by atoms with Gasteiger partial charge in [-0.1, -0.05) is 156 Å². The van der Waals surface area contributed by atoms with Crippen LogP contribution in [0, 0.1) is 0 Å². The maximum atomic E-state index is 2.45. The Bertz CT molecular complexity index is 2190. The van der Waals surface area contributed by atoms with Crippen LogP contribution >= 0.6 is 34.0 Å². The molecule has 0 N–H and O–H groups in total. The highest BCUT2D eigenvalue weighted by molar-refractivity contribution is 7.40. The van der Waals surface area contributed by atoms with E-state index in [-0.39, 0.29) is 21.7 Å². The third-order valence-electron chi connectivity index (χ3n) is 10.2. The lowest BCUT2D eigenvalue weighted by Crippen LogP contribution is -2.11. The van der Waals surface area contributed by atoms with E-state index in [1.54, 1.807) is 0 Å². The molecule has 3 aromatic heterocycles. The van der Waals surface area contributed by atoms with Crippen molar-refractivity contribution in [2.45, 2.75) is 105 Å². The highest BCUT2D eigenvalue weighted by Gasteiger charge is 2.23. The molecule has 0 amide bonds. The number of benzene rings is 4. The van der Waals surface area contributed by atoms with Crippen LogP contribution in [0.4, 0.5) is 0 Å². The summed E-state index contributed by atoms with van der Waals surface area (Å²) in [6.07, 6.45) is 0. The molecule has 3 heteroatoms. The number of fused-ring (bicyclic) bond motifs is 3. The van der Waals surface area contributed by atoms with Crippen LogP contribution in [0.1, 0.15) is 105 Å². The number of hydrogen-bond acceptors (Lipinski definition) is 3. The van der Waals surface area contributed by atoms with Crippen molar-refractivity contribution in [3.63, 3.8) is 0 Å². The van der Waals surface area contributed by atoms with Crippen molar-refractivity contribution in [3.8, 4) is 43.1 Å². The molecule has 0 atom stereocenters. The predicted octanol–water partition coefficient (Wildman–Crippen LogP) is 16.0. The van der Waals surface area contributed by atoms with E-state index in [0.717, 1.165) is 0 Å². The Morgan fingerprint density at radius 1 is 0.314 bits per heavy atom. The van der Waals surface area contributed by atoms with Gasteiger partial charge >= 0.3 is 0 Å². The SMILES string of the molecule is CC(C)(C)c1ccc(-c2ccc(C(C)(C)C)cc2-c2cc3sc4cc(-c5cc(C(C)(C)C)ccc5-c5ccc(C(C)(C)C)cc5)sc4c3s2)cc1. The first-order chi connectivity index (χ1) is 23.8. The largest absolute Gasteiger partial charge is 0.133 e. The second-order valence-corrected chi connectivity index (χ2v) is 21.6. The first kappa shape index (κ1) is 35.9. The standard InChI is InChI=1S/C48H52S3/c1-45(2,3)31-17-13-29(14-18-31)35-23-21-33(47(7,8)9)25-37(35)39-27-41-43(50-39)44-42(49-41)28-40(51-44)38-26-34(48(10,11)12)22-24-36(38)30-15-19-32(20-16-30)46(4,5)6/h13-28H,1-12H3. The fraction of sp³-hybridized carbons (Fsp3) is 0.333. The summed E-state index contributed by atoms with van der Waals surface area (Å²) in [5, 5.41) is 0. The molecule has 51 heavy (non-hydrogen) atoms. The van der Waals surface area contributed by atoms with E-state index in [1.807, 2.05) is 34.0 Å². The second kappa shape index (κ2) is 12.6. The van der Waals surface area contributed by atoms with Crippen LogP contribution in [0.2, 0.25) is 0 Å². The molecule has 0 aliphatic heterocycles. The number of thiophene rings is 3. The number of hydrogen-bond donors (Lipinski definition) is 0. The molecule has 0 unspecified atom stereocenters. The molecule has 0 radical (unpaired) electrons. The summed E-state index contributed by atoms with van der Waals surface area (Å²) >= 11 is 5.87. The summed E-state index contributed by atoms with van der Waals surface area (Å²) in [6.45, 7) is 27.6. The lowest BCUT2D eigenvalue weighted by molar-refractivity contribution is 0.590. The molecular formula is C48H52S3. The minimum absolute atomic E-state index is 0.0697. The zero-order valence-electron chi connectivity index (χ0n) is 32.5. The third-order valence-corrected chi connectivity index (χ3v) is 14.1. The summed E-state index contributed by atoms with van der Waals surface area (Å²) in [6, 6.07) is 37.7. The monoisotopic (exact) mass is 724 g/mol. The van der Waals surface area contributed by atoms with Gasteiger partial charge in [0.05, 0.1) is 9.40 Å². The maximum absolute atomic E-state index is 2.45. The van der Waals surface area contributed by atoms with Gasteiger partial charge in [0.15, 0.2) is 0 Å². The van der Waals surface area contributed by atoms with E-state index >= 15 is 0 Å². The summed E-state index contributed by atoms with van der Waals surface area (Å²) in [5.41, 5.74) is 13.7. The van der Waals surface area contributed by atoms with Crippen LogP contribution in [-0.2, 0) is 21.7 Å². The van der Waals surface area contributed by atoms with Crippen LogP contribution in [0.5, 0.6) is 0 Å². The van der Waals surface area contributed by atoms with Crippen molar-refractivity contribution < 1.29 is 0 Å². The van der Waals surface area contributed by atoms with E-state index in [0.29, 0.717) is 0 Å². The van der Waals surface area contributed by atoms with Gasteiger partial charge in [0, 0.05) is 19.2 Å². The van der Waals surface area contributed by atoms with Gasteiger partial charge in [-0.05, 0) is 102 Å². The normalized spacial score (nSPS) is 13.1. The van der Waals surface area contributed by atoms with E-state index in [4.69, 9.17) is 0 Å². The summed E-state index contributed by atoms with van der Waals surface area (Å²) in [4.78, 5) is 2.70. The molecule has 0 aliphatic carbocycles. The molecule has 3 heterocycles. The van der Waals surface area contributed by atoms with Crippen molar-refractivity contribution in [1.29, 1.82) is 0 Å². The molecule has 0 aliphatic rings. The molecule has 262 valence electrons. The minimum Gasteiger partial charge on any atom is -0.133 e. The predicted molar refractivity (Wildman–Crippen MR) is 232 cm³/mol. The van der Waals surface area contributed by atoms with Gasteiger partial charge in [-0.25, -0.2) is 0 Å². The van der Waals surface area contributed by atoms with Gasteiger partial charge in [0.2, 0.25) is 0 Å². The minimum atomic E-state index is 0.0697. The second-order valence-electron chi connectivity index (χ2n) is 18.4. The fourth-order valence-corrected chi connectivity index (χ4v) is 10.9. The summed E-state index contributed by atoms with van der Waals surface area (Å²) in [7, 11) is 0. The van der Waals surface area contributed by atoms with Gasteiger partial charge in [-0.3, -0.25) is 0 Å². The van der Waals surface area contributed by atoms with Crippen molar-refractivity contribution in [1.82, 2.24) is 0 Å². The van der Waals surface area contributed by atoms with Gasteiger partial charge in [-0.2, -0.15) is 0 Å². The summed E-state index contributed by atoms with van der Waals surface area (Å²) in [5.74, 6) is 0. The topological polar surface area (TPSA) is 0 Å². The Balaban J connectivity index is 1.35. The van der Waals surface area contributed by atoms with Crippen LogP contribution < -0.4 is 0 Å². The van der Waals surface area contributed by atoms with Gasteiger partial charge in [0.25, 0.3) is 0 Å². The average Bonchev–Trinajstić information content (AvgIpc) is 3.74. The Morgan fingerprint density at radius 2 is 0.627 bits per heavy atom. The molecule has 0 saturated carbocycles. The van der Waals surface area contributed by atoms with Gasteiger partial charge in [0.1, 0.15) is 0 Å². The first-order valence-corrected chi connectivity index (χ1v) is 20.7. The van der Waals surface area contributed by atoms with Crippen molar-refractivity contribution in [2.24, 2.45) is 0 Å². The number of rotatable bonds is 4.